The molecule has 1 aliphatic carbocycles. The van der Waals surface area contributed by atoms with Crippen LogP contribution in [0.4, 0.5) is 0 Å². The van der Waals surface area contributed by atoms with Crippen molar-refractivity contribution in [1.29, 1.82) is 0 Å². The molecule has 0 aromatic carbocycles. The maximum absolute atomic E-state index is 12.8. The van der Waals surface area contributed by atoms with E-state index in [0.717, 1.165) is 18.4 Å². The second kappa shape index (κ2) is 6.05. The number of nitrogens with one attached hydrogen (secondary N) is 2. The van der Waals surface area contributed by atoms with Crippen molar-refractivity contribution in [2.24, 2.45) is 0 Å². The van der Waals surface area contributed by atoms with E-state index in [4.69, 9.17) is 0 Å². The summed E-state index contributed by atoms with van der Waals surface area (Å²) in [6.07, 6.45) is 5.08. The Morgan fingerprint density at radius 3 is 2.58 bits per heavy atom. The molecule has 0 radical (unpaired) electrons. The average Bonchev–Trinajstić information content (AvgIpc) is 3.39. The minimum atomic E-state index is -0.515. The van der Waals surface area contributed by atoms with Crippen molar-refractivity contribution in [2.45, 2.75) is 31.2 Å². The van der Waals surface area contributed by atoms with Crippen LogP contribution in [0.25, 0.3) is 0 Å². The molecule has 2 amide bonds. The molecule has 26 heavy (non-hydrogen) atoms. The van der Waals surface area contributed by atoms with Crippen LogP contribution in [0.3, 0.4) is 0 Å². The zero-order valence-corrected chi connectivity index (χ0v) is 14.4. The zero-order chi connectivity index (χ0) is 18.3. The average molecular weight is 353 g/mol. The lowest BCUT2D eigenvalue weighted by Gasteiger charge is -2.41. The number of rotatable bonds is 4. The predicted molar refractivity (Wildman–Crippen MR) is 92.6 cm³/mol. The fourth-order valence-corrected chi connectivity index (χ4v) is 3.37. The molecule has 0 bridgehead atoms. The summed E-state index contributed by atoms with van der Waals surface area (Å²) in [5.41, 5.74) is 0.600. The molecule has 8 heteroatoms. The van der Waals surface area contributed by atoms with Gasteiger partial charge in [0.1, 0.15) is 0 Å². The first kappa shape index (κ1) is 16.4. The second-order valence-corrected chi connectivity index (χ2v) is 6.96. The Balaban J connectivity index is 1.36. The number of hydrogen-bond acceptors (Lipinski definition) is 5. The van der Waals surface area contributed by atoms with Gasteiger partial charge in [0.15, 0.2) is 5.69 Å². The van der Waals surface area contributed by atoms with E-state index in [1.165, 1.54) is 6.07 Å². The monoisotopic (exact) mass is 353 g/mol. The number of amides is 2. The first-order valence-electron chi connectivity index (χ1n) is 8.57. The molecule has 0 spiro atoms. The number of likely N-dealkylation sites (tertiary alicyclic amines) is 1. The van der Waals surface area contributed by atoms with Crippen LogP contribution in [-0.2, 0) is 10.2 Å². The molecule has 2 aliphatic rings. The van der Waals surface area contributed by atoms with E-state index in [2.05, 4.69) is 20.5 Å². The molecule has 2 aromatic heterocycles. The fourth-order valence-electron chi connectivity index (χ4n) is 3.37. The molecule has 2 N–H and O–H groups in total. The van der Waals surface area contributed by atoms with Gasteiger partial charge in [-0.3, -0.25) is 24.5 Å². The Kier molecular flexibility index (Phi) is 3.82. The van der Waals surface area contributed by atoms with Crippen molar-refractivity contribution in [2.75, 3.05) is 13.1 Å². The number of carbonyl (C=O) groups excluding carboxylic acids is 2. The van der Waals surface area contributed by atoms with Crippen LogP contribution in [0.15, 0.2) is 35.4 Å². The Morgan fingerprint density at radius 1 is 1.27 bits per heavy atom. The predicted octanol–water partition coefficient (Wildman–Crippen LogP) is 0.146. The minimum absolute atomic E-state index is 0.0977. The largest absolute Gasteiger partial charge is 0.344 e. The maximum atomic E-state index is 12.8. The van der Waals surface area contributed by atoms with Crippen LogP contribution in [0, 0.1) is 6.92 Å². The van der Waals surface area contributed by atoms with E-state index in [-0.39, 0.29) is 17.6 Å². The van der Waals surface area contributed by atoms with Gasteiger partial charge >= 0.3 is 0 Å². The standard InChI is InChI=1S/C18H19N5O3/c1-11-8-14(24)15(22-21-11)16(25)20-13-9-23(10-13)17(26)18(4-5-18)12-2-6-19-7-3-12/h2-3,6-8,13H,4-5,9-10H2,1H3,(H,20,25)(H,21,24). The third-order valence-corrected chi connectivity index (χ3v) is 5.04. The molecule has 1 saturated carbocycles. The molecular weight excluding hydrogens is 334 g/mol. The minimum Gasteiger partial charge on any atom is -0.344 e. The summed E-state index contributed by atoms with van der Waals surface area (Å²) in [4.78, 5) is 42.6. The van der Waals surface area contributed by atoms with Gasteiger partial charge in [-0.05, 0) is 37.5 Å². The SMILES string of the molecule is Cc1cc(=O)c(C(=O)NC2CN(C(=O)C3(c4ccncc4)CC3)C2)n[nH]1. The van der Waals surface area contributed by atoms with E-state index in [1.54, 1.807) is 24.2 Å². The topological polar surface area (TPSA) is 108 Å². The lowest BCUT2D eigenvalue weighted by molar-refractivity contribution is -0.138. The van der Waals surface area contributed by atoms with Gasteiger partial charge in [0.25, 0.3) is 5.91 Å². The molecule has 8 nitrogen and oxygen atoms in total. The third-order valence-electron chi connectivity index (χ3n) is 5.04. The van der Waals surface area contributed by atoms with Gasteiger partial charge in [0, 0.05) is 37.2 Å². The number of carbonyl (C=O) groups is 2. The zero-order valence-electron chi connectivity index (χ0n) is 14.4. The summed E-state index contributed by atoms with van der Waals surface area (Å²) in [7, 11) is 0. The molecule has 1 saturated heterocycles. The molecule has 134 valence electrons. The third kappa shape index (κ3) is 2.77. The van der Waals surface area contributed by atoms with Crippen LogP contribution in [0.5, 0.6) is 0 Å². The van der Waals surface area contributed by atoms with Crippen molar-refractivity contribution < 1.29 is 9.59 Å². The Hall–Kier alpha value is -3.03. The molecule has 2 aromatic rings. The molecule has 3 heterocycles. The summed E-state index contributed by atoms with van der Waals surface area (Å²) in [5, 5.41) is 9.18. The van der Waals surface area contributed by atoms with E-state index in [0.29, 0.717) is 18.8 Å². The number of pyridine rings is 1. The summed E-state index contributed by atoms with van der Waals surface area (Å²) in [5.74, 6) is -0.417. The fraction of sp³-hybridized carbons (Fsp3) is 0.389. The van der Waals surface area contributed by atoms with Crippen LogP contribution in [-0.4, -0.2) is 51.0 Å². The number of hydrogen-bond donors (Lipinski definition) is 2. The van der Waals surface area contributed by atoms with Crippen molar-refractivity contribution in [3.05, 3.63) is 57.8 Å². The smallest absolute Gasteiger partial charge is 0.276 e. The van der Waals surface area contributed by atoms with Crippen LogP contribution < -0.4 is 10.7 Å². The highest BCUT2D eigenvalue weighted by Gasteiger charge is 2.54. The Bertz CT molecular complexity index is 914. The number of H-pyrrole nitrogens is 1. The lowest BCUT2D eigenvalue weighted by Crippen LogP contribution is -2.63. The first-order chi connectivity index (χ1) is 12.5. The highest BCUT2D eigenvalue weighted by Crippen LogP contribution is 2.49. The van der Waals surface area contributed by atoms with E-state index in [9.17, 15) is 14.4 Å². The first-order valence-corrected chi connectivity index (χ1v) is 8.57. The number of aryl methyl sites for hydroxylation is 1. The Labute approximate surface area is 149 Å². The van der Waals surface area contributed by atoms with Gasteiger partial charge in [-0.1, -0.05) is 0 Å². The normalized spacial score (nSPS) is 18.1. The van der Waals surface area contributed by atoms with Gasteiger partial charge in [-0.25, -0.2) is 0 Å². The molecule has 2 fully saturated rings. The van der Waals surface area contributed by atoms with Crippen molar-refractivity contribution in [3.8, 4) is 0 Å². The quantitative estimate of drug-likeness (QED) is 0.813. The highest BCUT2D eigenvalue weighted by molar-refractivity contribution is 5.94. The molecule has 1 aliphatic heterocycles. The summed E-state index contributed by atoms with van der Waals surface area (Å²) in [6.45, 7) is 2.59. The van der Waals surface area contributed by atoms with Crippen LogP contribution in [0.1, 0.15) is 34.6 Å². The lowest BCUT2D eigenvalue weighted by atomic mass is 9.93. The molecule has 0 atom stereocenters. The second-order valence-electron chi connectivity index (χ2n) is 6.96. The maximum Gasteiger partial charge on any atom is 0.276 e. The molecule has 0 unspecified atom stereocenters. The molecular formula is C18H19N5O3. The van der Waals surface area contributed by atoms with Crippen molar-refractivity contribution in [1.82, 2.24) is 25.4 Å². The summed E-state index contributed by atoms with van der Waals surface area (Å²) < 4.78 is 0. The van der Waals surface area contributed by atoms with Gasteiger partial charge in [-0.2, -0.15) is 5.10 Å². The van der Waals surface area contributed by atoms with E-state index >= 15 is 0 Å². The van der Waals surface area contributed by atoms with E-state index in [1.807, 2.05) is 12.1 Å². The van der Waals surface area contributed by atoms with Gasteiger partial charge in [0.05, 0.1) is 11.5 Å². The highest BCUT2D eigenvalue weighted by atomic mass is 16.2. The molecule has 4 rings (SSSR count). The van der Waals surface area contributed by atoms with Gasteiger partial charge in [0.2, 0.25) is 11.3 Å². The number of aromatic nitrogens is 3. The van der Waals surface area contributed by atoms with E-state index < -0.39 is 16.8 Å². The van der Waals surface area contributed by atoms with Gasteiger partial charge < -0.3 is 10.2 Å². The van der Waals surface area contributed by atoms with Crippen molar-refractivity contribution >= 4 is 11.8 Å². The van der Waals surface area contributed by atoms with Crippen molar-refractivity contribution in [3.63, 3.8) is 0 Å². The summed E-state index contributed by atoms with van der Waals surface area (Å²) in [6, 6.07) is 4.95. The number of aromatic amines is 1. The Morgan fingerprint density at radius 2 is 1.96 bits per heavy atom. The van der Waals surface area contributed by atoms with Gasteiger partial charge in [-0.15, -0.1) is 0 Å². The summed E-state index contributed by atoms with van der Waals surface area (Å²) >= 11 is 0. The van der Waals surface area contributed by atoms with Crippen LogP contribution >= 0.6 is 0 Å². The number of nitrogens with zero attached hydrogens (tertiary/aromatic N) is 3. The van der Waals surface area contributed by atoms with Crippen LogP contribution in [0.2, 0.25) is 0 Å².